The Kier molecular flexibility index (Phi) is 91.8. The summed E-state index contributed by atoms with van der Waals surface area (Å²) in [6.07, 6.45) is 43.0. The van der Waals surface area contributed by atoms with Gasteiger partial charge in [-0.3, -0.25) is 0 Å². The van der Waals surface area contributed by atoms with Crippen LogP contribution in [0.3, 0.4) is 0 Å². The van der Waals surface area contributed by atoms with Crippen molar-refractivity contribution < 1.29 is 164 Å². The molecule has 5 radical (unpaired) electrons. The van der Waals surface area contributed by atoms with Gasteiger partial charge in [-0.1, -0.05) is 276 Å². The minimum atomic E-state index is 0. The predicted octanol–water partition coefficient (Wildman–Crippen LogP) is 18.6. The van der Waals surface area contributed by atoms with E-state index in [1.165, 1.54) is 193 Å². The van der Waals surface area contributed by atoms with Crippen molar-refractivity contribution in [1.29, 1.82) is 0 Å². The van der Waals surface area contributed by atoms with Crippen LogP contribution in [0.4, 0.5) is 0 Å². The van der Waals surface area contributed by atoms with Crippen LogP contribution < -0.4 is 0 Å². The first kappa shape index (κ1) is 75.9. The van der Waals surface area contributed by atoms with E-state index >= 15 is 0 Å². The van der Waals surface area contributed by atoms with Crippen LogP contribution in [0.5, 0.6) is 0 Å². The molecule has 309 valence electrons. The molecule has 0 aromatic carbocycles. The minimum absolute atomic E-state index is 0. The van der Waals surface area contributed by atoms with E-state index in [1.807, 2.05) is 0 Å². The van der Waals surface area contributed by atoms with Crippen molar-refractivity contribution in [2.24, 2.45) is 35.5 Å². The molecule has 0 saturated heterocycles. The summed E-state index contributed by atoms with van der Waals surface area (Å²) in [6, 6.07) is 0. The van der Waals surface area contributed by atoms with E-state index in [1.54, 1.807) is 0 Å². The average molecular weight is 1120 g/mol. The molecule has 0 amide bonds. The normalized spacial score (nSPS) is 12.1. The summed E-state index contributed by atoms with van der Waals surface area (Å²) in [6.45, 7) is 28.1. The van der Waals surface area contributed by atoms with Crippen molar-refractivity contribution in [2.45, 2.75) is 276 Å². The molecule has 5 heteroatoms. The van der Waals surface area contributed by atoms with E-state index in [0.717, 1.165) is 35.5 Å². The molecule has 0 nitrogen and oxygen atoms in total. The maximum Gasteiger partial charge on any atom is 0 e. The van der Waals surface area contributed by atoms with Crippen molar-refractivity contribution in [1.82, 2.24) is 0 Å². The van der Waals surface area contributed by atoms with Crippen LogP contribution in [-0.2, 0) is 164 Å². The van der Waals surface area contributed by atoms with E-state index in [-0.39, 0.29) is 164 Å². The van der Waals surface area contributed by atoms with Crippen LogP contribution >= 0.6 is 0 Å². The van der Waals surface area contributed by atoms with Crippen LogP contribution in [0.1, 0.15) is 276 Å². The van der Waals surface area contributed by atoms with Crippen LogP contribution in [0.15, 0.2) is 0 Å². The summed E-state index contributed by atoms with van der Waals surface area (Å²) in [5.74, 6) is 5.88. The second-order valence-corrected chi connectivity index (χ2v) is 16.7. The molecule has 0 aromatic rings. The Balaban J connectivity index is -0.0000000912. The van der Waals surface area contributed by atoms with E-state index in [4.69, 9.17) is 0 Å². The van der Waals surface area contributed by atoms with E-state index in [0.29, 0.717) is 0 Å². The summed E-state index contributed by atoms with van der Waals surface area (Å²) in [4.78, 5) is 0. The molecular formula is C48H102Y5. The molecule has 0 saturated carbocycles. The van der Waals surface area contributed by atoms with Crippen molar-refractivity contribution in [3.05, 3.63) is 0 Å². The third kappa shape index (κ3) is 61.9. The molecule has 0 aromatic heterocycles. The maximum absolute atomic E-state index is 2.41. The second-order valence-electron chi connectivity index (χ2n) is 16.7. The van der Waals surface area contributed by atoms with Crippen LogP contribution in [0.2, 0.25) is 0 Å². The van der Waals surface area contributed by atoms with Gasteiger partial charge in [0.2, 0.25) is 0 Å². The predicted molar refractivity (Wildman–Crippen MR) is 228 cm³/mol. The monoisotopic (exact) mass is 1120 g/mol. The van der Waals surface area contributed by atoms with E-state index < -0.39 is 0 Å². The molecule has 0 rings (SSSR count). The SMILES string of the molecule is CCC(CC)CCCCCCC(CC)CC.CCCC(C)CCCCCCC(C)CCC.CCCC(C)CCCCCCC(CC)CC.[Y].[Y].[Y].[Y].[Y]. The second kappa shape index (κ2) is 64.1. The quantitative estimate of drug-likeness (QED) is 0.0575. The van der Waals surface area contributed by atoms with Crippen molar-refractivity contribution in [3.8, 4) is 0 Å². The molecule has 0 aliphatic carbocycles. The third-order valence-corrected chi connectivity index (χ3v) is 12.0. The Morgan fingerprint density at radius 3 is 0.547 bits per heavy atom. The Morgan fingerprint density at radius 2 is 0.396 bits per heavy atom. The van der Waals surface area contributed by atoms with Gasteiger partial charge in [0.25, 0.3) is 0 Å². The number of rotatable bonds is 33. The fourth-order valence-corrected chi connectivity index (χ4v) is 7.84. The maximum atomic E-state index is 2.41. The van der Waals surface area contributed by atoms with Gasteiger partial charge in [-0.2, -0.15) is 0 Å². The van der Waals surface area contributed by atoms with Gasteiger partial charge in [-0.05, 0) is 35.5 Å². The summed E-state index contributed by atoms with van der Waals surface area (Å²) < 4.78 is 0. The molecule has 0 heterocycles. The molecule has 0 aliphatic rings. The zero-order chi connectivity index (χ0) is 36.7. The first-order chi connectivity index (χ1) is 23.2. The average Bonchev–Trinajstić information content (AvgIpc) is 3.08. The number of unbranched alkanes of at least 4 members (excludes halogenated alkanes) is 9. The Bertz CT molecular complexity index is 516. The minimum Gasteiger partial charge on any atom is -0.0654 e. The molecule has 0 spiro atoms. The molecule has 0 aliphatic heterocycles. The van der Waals surface area contributed by atoms with Gasteiger partial charge in [0.1, 0.15) is 0 Å². The van der Waals surface area contributed by atoms with Crippen molar-refractivity contribution >= 4 is 0 Å². The van der Waals surface area contributed by atoms with Gasteiger partial charge < -0.3 is 0 Å². The molecular weight excluding hydrogens is 1020 g/mol. The van der Waals surface area contributed by atoms with Crippen LogP contribution in [0, 0.1) is 35.5 Å². The Hall–Kier alpha value is 5.52. The first-order valence-corrected chi connectivity index (χ1v) is 23.2. The molecule has 53 heavy (non-hydrogen) atoms. The van der Waals surface area contributed by atoms with Gasteiger partial charge in [-0.15, -0.1) is 0 Å². The molecule has 3 atom stereocenters. The molecule has 0 bridgehead atoms. The summed E-state index contributed by atoms with van der Waals surface area (Å²) in [5.41, 5.74) is 0. The van der Waals surface area contributed by atoms with Gasteiger partial charge >= 0.3 is 0 Å². The van der Waals surface area contributed by atoms with Crippen molar-refractivity contribution in [3.63, 3.8) is 0 Å². The molecule has 0 fully saturated rings. The molecule has 3 unspecified atom stereocenters. The Labute approximate surface area is 467 Å². The van der Waals surface area contributed by atoms with E-state index in [9.17, 15) is 0 Å². The third-order valence-electron chi connectivity index (χ3n) is 12.0. The zero-order valence-corrected chi connectivity index (χ0v) is 53.8. The van der Waals surface area contributed by atoms with Crippen LogP contribution in [0.25, 0.3) is 0 Å². The first-order valence-electron chi connectivity index (χ1n) is 23.2. The fourth-order valence-electron chi connectivity index (χ4n) is 7.84. The van der Waals surface area contributed by atoms with Crippen molar-refractivity contribution in [2.75, 3.05) is 0 Å². The van der Waals surface area contributed by atoms with Gasteiger partial charge in [0.15, 0.2) is 0 Å². The topological polar surface area (TPSA) is 0 Å². The van der Waals surface area contributed by atoms with Gasteiger partial charge in [0, 0.05) is 164 Å². The zero-order valence-electron chi connectivity index (χ0n) is 39.6. The smallest absolute Gasteiger partial charge is 0 e. The summed E-state index contributed by atoms with van der Waals surface area (Å²) in [7, 11) is 0. The molecule has 0 N–H and O–H groups in total. The van der Waals surface area contributed by atoms with E-state index in [2.05, 4.69) is 83.1 Å². The number of hydrogen-bond acceptors (Lipinski definition) is 0. The standard InChI is InChI=1S/3C16H34.5Y/c1-5-11-15(3)13-9-7-8-10-14-16(4)12-6-2;1-5-12-15(4)13-10-8-9-11-14-16(6-2)7-3;1-5-15(6-2)13-11-9-10-12-14-16(7-3)8-4;;;;;/h3*15-16H,5-14H2,1-4H3;;;;;. The Morgan fingerprint density at radius 1 is 0.226 bits per heavy atom. The largest absolute Gasteiger partial charge is 0.0654 e. The summed E-state index contributed by atoms with van der Waals surface area (Å²) in [5, 5.41) is 0. The number of hydrogen-bond donors (Lipinski definition) is 0. The van der Waals surface area contributed by atoms with Gasteiger partial charge in [-0.25, -0.2) is 0 Å². The summed E-state index contributed by atoms with van der Waals surface area (Å²) >= 11 is 0. The van der Waals surface area contributed by atoms with Gasteiger partial charge in [0.05, 0.1) is 0 Å². The van der Waals surface area contributed by atoms with Crippen LogP contribution in [-0.4, -0.2) is 0 Å². The fraction of sp³-hybridized carbons (Fsp3) is 1.00.